The van der Waals surface area contributed by atoms with Crippen LogP contribution in [0.2, 0.25) is 0 Å². The van der Waals surface area contributed by atoms with Gasteiger partial charge in [0.15, 0.2) is 24.6 Å². The largest absolute Gasteiger partial charge is 0.479 e. The number of ether oxygens (including phenoxy) is 5. The lowest BCUT2D eigenvalue weighted by Crippen LogP contribution is -2.61. The molecule has 12 nitrogen and oxygen atoms in total. The van der Waals surface area contributed by atoms with E-state index in [-0.39, 0.29) is 25.9 Å². The molecule has 0 aromatic rings. The molecule has 6 unspecified atom stereocenters. The molecule has 3 N–H and O–H groups in total. The SMILES string of the molecule is CC/C=C\C/C=C\C/C=C\C/C=C\C/C=C\CCCC(=O)OCC(COC1OC(C(=O)O)C(O)C(O)C1OC(=O)CCCCCC/C=C\C/C=C\C/C=C\C/C=C\CC)OC(=O)CCCCCCC/C=C\C/C=C\CCCCC. The first-order valence-electron chi connectivity index (χ1n) is 30.2. The van der Waals surface area contributed by atoms with E-state index in [0.717, 1.165) is 128 Å². The summed E-state index contributed by atoms with van der Waals surface area (Å²) in [5.41, 5.74) is 0. The monoisotopic (exact) mass is 1100 g/mol. The molecule has 79 heavy (non-hydrogen) atoms. The summed E-state index contributed by atoms with van der Waals surface area (Å²) in [7, 11) is 0. The highest BCUT2D eigenvalue weighted by atomic mass is 16.7. The van der Waals surface area contributed by atoms with E-state index in [1.807, 2.05) is 6.08 Å². The Hall–Kier alpha value is -5.14. The van der Waals surface area contributed by atoms with Gasteiger partial charge in [0.1, 0.15) is 18.8 Å². The molecule has 1 saturated heterocycles. The van der Waals surface area contributed by atoms with Crippen molar-refractivity contribution in [1.29, 1.82) is 0 Å². The molecule has 0 aromatic heterocycles. The average Bonchev–Trinajstić information content (AvgIpc) is 3.47. The Bertz CT molecular complexity index is 1880. The van der Waals surface area contributed by atoms with Crippen LogP contribution in [0.15, 0.2) is 134 Å². The van der Waals surface area contributed by atoms with Gasteiger partial charge in [-0.2, -0.15) is 0 Å². The first kappa shape index (κ1) is 71.9. The molecule has 0 radical (unpaired) electrons. The maximum Gasteiger partial charge on any atom is 0.335 e. The second kappa shape index (κ2) is 53.5. The van der Waals surface area contributed by atoms with Crippen molar-refractivity contribution in [1.82, 2.24) is 0 Å². The lowest BCUT2D eigenvalue weighted by molar-refractivity contribution is -0.301. The predicted octanol–water partition coefficient (Wildman–Crippen LogP) is 15.8. The molecule has 0 amide bonds. The maximum absolute atomic E-state index is 13.2. The number of hydrogen-bond donors (Lipinski definition) is 3. The quantitative estimate of drug-likeness (QED) is 0.0228. The minimum Gasteiger partial charge on any atom is -0.479 e. The van der Waals surface area contributed by atoms with Gasteiger partial charge in [-0.3, -0.25) is 14.4 Å². The summed E-state index contributed by atoms with van der Waals surface area (Å²) in [4.78, 5) is 51.2. The summed E-state index contributed by atoms with van der Waals surface area (Å²) in [6, 6.07) is 0. The molecule has 1 heterocycles. The smallest absolute Gasteiger partial charge is 0.335 e. The second-order valence-electron chi connectivity index (χ2n) is 19.9. The summed E-state index contributed by atoms with van der Waals surface area (Å²) in [5, 5.41) is 31.5. The number of carboxylic acids is 1. The van der Waals surface area contributed by atoms with Gasteiger partial charge in [-0.25, -0.2) is 4.79 Å². The number of unbranched alkanes of at least 4 members (excludes halogenated alkanes) is 13. The van der Waals surface area contributed by atoms with Gasteiger partial charge in [0, 0.05) is 19.3 Å². The van der Waals surface area contributed by atoms with E-state index in [1.54, 1.807) is 0 Å². The van der Waals surface area contributed by atoms with Crippen molar-refractivity contribution in [3.8, 4) is 0 Å². The van der Waals surface area contributed by atoms with Gasteiger partial charge in [-0.1, -0.05) is 199 Å². The third-order valence-corrected chi connectivity index (χ3v) is 12.7. The van der Waals surface area contributed by atoms with Crippen molar-refractivity contribution >= 4 is 23.9 Å². The lowest BCUT2D eigenvalue weighted by atomic mass is 9.98. The lowest BCUT2D eigenvalue weighted by Gasteiger charge is -2.40. The van der Waals surface area contributed by atoms with Crippen molar-refractivity contribution < 1.29 is 58.2 Å². The topological polar surface area (TPSA) is 175 Å². The standard InChI is InChI=1S/C67H104O12/c1-4-7-10-13-16-19-22-25-28-30-33-35-38-41-44-47-50-53-59(68)75-56-58(77-60(69)54-51-48-45-42-39-36-32-27-24-21-18-15-12-9-6-3)57-76-67-65(63(72)62(71)64(79-67)66(73)74)78-61(70)55-52-49-46-43-40-37-34-31-29-26-23-20-17-14-11-8-5-2/h7-8,10-11,16-21,25-29,32-35,37,41,44,58,62-65,67,71-72H,4-6,9,12-15,22-24,30-31,36,38-40,42-43,45-57H2,1-3H3,(H,73,74)/b10-7-,11-8-,19-16-,20-17-,21-18-,28-25-,29-26-,32-27-,35-33-,37-34-,44-41-. The Labute approximate surface area is 477 Å². The van der Waals surface area contributed by atoms with E-state index in [1.165, 1.54) is 19.3 Å². The van der Waals surface area contributed by atoms with Gasteiger partial charge >= 0.3 is 23.9 Å². The summed E-state index contributed by atoms with van der Waals surface area (Å²) >= 11 is 0. The maximum atomic E-state index is 13.2. The summed E-state index contributed by atoms with van der Waals surface area (Å²) < 4.78 is 28.4. The molecule has 1 aliphatic rings. The number of aliphatic hydroxyl groups is 2. The van der Waals surface area contributed by atoms with Crippen molar-refractivity contribution in [3.63, 3.8) is 0 Å². The van der Waals surface area contributed by atoms with Crippen LogP contribution in [0.25, 0.3) is 0 Å². The van der Waals surface area contributed by atoms with Crippen LogP contribution in [0.3, 0.4) is 0 Å². The molecule has 0 aliphatic carbocycles. The van der Waals surface area contributed by atoms with Crippen LogP contribution in [0.4, 0.5) is 0 Å². The zero-order valence-electron chi connectivity index (χ0n) is 48.8. The molecule has 0 bridgehead atoms. The number of hydrogen-bond acceptors (Lipinski definition) is 11. The minimum atomic E-state index is -1.93. The molecule has 0 aromatic carbocycles. The average molecular weight is 1100 g/mol. The highest BCUT2D eigenvalue weighted by Gasteiger charge is 2.50. The van der Waals surface area contributed by atoms with Gasteiger partial charge in [0.25, 0.3) is 0 Å². The van der Waals surface area contributed by atoms with Crippen LogP contribution in [0.1, 0.15) is 213 Å². The molecule has 12 heteroatoms. The van der Waals surface area contributed by atoms with Crippen LogP contribution in [-0.4, -0.2) is 89.2 Å². The molecule has 1 fully saturated rings. The number of carbonyl (C=O) groups is 4. The first-order valence-corrected chi connectivity index (χ1v) is 30.2. The van der Waals surface area contributed by atoms with E-state index in [9.17, 15) is 34.5 Å². The Morgan fingerprint density at radius 2 is 0.810 bits per heavy atom. The van der Waals surface area contributed by atoms with Crippen molar-refractivity contribution in [2.24, 2.45) is 0 Å². The summed E-state index contributed by atoms with van der Waals surface area (Å²) in [6.07, 6.45) is 62.7. The molecule has 1 aliphatic heterocycles. The second-order valence-corrected chi connectivity index (χ2v) is 19.9. The fourth-order valence-electron chi connectivity index (χ4n) is 8.13. The van der Waals surface area contributed by atoms with Crippen LogP contribution in [0.5, 0.6) is 0 Å². The number of rotatable bonds is 49. The van der Waals surface area contributed by atoms with Crippen molar-refractivity contribution in [2.75, 3.05) is 13.2 Å². The number of allylic oxidation sites excluding steroid dienone is 22. The number of aliphatic carboxylic acids is 1. The molecule has 0 saturated carbocycles. The molecular weight excluding hydrogens is 997 g/mol. The fourth-order valence-corrected chi connectivity index (χ4v) is 8.13. The Morgan fingerprint density at radius 1 is 0.430 bits per heavy atom. The fraction of sp³-hybridized carbons (Fsp3) is 0.612. The molecule has 1 rings (SSSR count). The van der Waals surface area contributed by atoms with Crippen molar-refractivity contribution in [3.05, 3.63) is 134 Å². The normalized spacial score (nSPS) is 18.8. The van der Waals surface area contributed by atoms with Gasteiger partial charge in [0.05, 0.1) is 6.61 Å². The number of carbonyl (C=O) groups excluding carboxylic acids is 3. The van der Waals surface area contributed by atoms with E-state index >= 15 is 0 Å². The predicted molar refractivity (Wildman–Crippen MR) is 321 cm³/mol. The van der Waals surface area contributed by atoms with Crippen LogP contribution >= 0.6 is 0 Å². The van der Waals surface area contributed by atoms with Crippen molar-refractivity contribution in [2.45, 2.75) is 250 Å². The Kier molecular flexibility index (Phi) is 48.7. The number of carboxylic acid groups (broad SMARTS) is 1. The van der Waals surface area contributed by atoms with Gasteiger partial charge in [-0.05, 0) is 128 Å². The zero-order chi connectivity index (χ0) is 57.5. The van der Waals surface area contributed by atoms with Crippen LogP contribution < -0.4 is 0 Å². The zero-order valence-corrected chi connectivity index (χ0v) is 48.8. The Morgan fingerprint density at radius 3 is 1.25 bits per heavy atom. The number of aliphatic hydroxyl groups excluding tert-OH is 2. The van der Waals surface area contributed by atoms with E-state index < -0.39 is 67.3 Å². The van der Waals surface area contributed by atoms with Crippen LogP contribution in [0, 0.1) is 0 Å². The number of esters is 3. The van der Waals surface area contributed by atoms with E-state index in [0.29, 0.717) is 25.7 Å². The van der Waals surface area contributed by atoms with Gasteiger partial charge in [-0.15, -0.1) is 0 Å². The minimum absolute atomic E-state index is 0.0177. The third kappa shape index (κ3) is 43.4. The highest BCUT2D eigenvalue weighted by Crippen LogP contribution is 2.26. The Balaban J connectivity index is 2.76. The highest BCUT2D eigenvalue weighted by molar-refractivity contribution is 5.74. The summed E-state index contributed by atoms with van der Waals surface area (Å²) in [6.45, 7) is 5.66. The van der Waals surface area contributed by atoms with Gasteiger partial charge < -0.3 is 39.0 Å². The summed E-state index contributed by atoms with van der Waals surface area (Å²) in [5.74, 6) is -3.27. The first-order chi connectivity index (χ1) is 38.6. The van der Waals surface area contributed by atoms with Gasteiger partial charge in [0.2, 0.25) is 0 Å². The van der Waals surface area contributed by atoms with Crippen LogP contribution in [-0.2, 0) is 42.9 Å². The molecule has 0 spiro atoms. The molecule has 444 valence electrons. The van der Waals surface area contributed by atoms with E-state index in [2.05, 4.69) is 148 Å². The van der Waals surface area contributed by atoms with E-state index in [4.69, 9.17) is 23.7 Å². The molecular formula is C67H104O12. The molecule has 6 atom stereocenters. The third-order valence-electron chi connectivity index (χ3n) is 12.7.